The van der Waals surface area contributed by atoms with Gasteiger partial charge < -0.3 is 5.32 Å². The molecule has 1 atom stereocenters. The Hall–Kier alpha value is -1.85. The molecule has 0 amide bonds. The third-order valence-electron chi connectivity index (χ3n) is 3.19. The topological polar surface area (TPSA) is 86.5 Å². The van der Waals surface area contributed by atoms with E-state index in [0.717, 1.165) is 6.42 Å². The molecular formula is C13H21N5O. The maximum Gasteiger partial charge on any atom is 0.263 e. The summed E-state index contributed by atoms with van der Waals surface area (Å²) < 4.78 is 0. The minimum absolute atomic E-state index is 0.167. The predicted molar refractivity (Wildman–Crippen MR) is 76.4 cm³/mol. The molecule has 2 aromatic rings. The molecule has 0 aliphatic carbocycles. The number of unbranched alkanes of at least 4 members (excludes halogenated alkanes) is 3. The molecule has 0 aliphatic rings. The van der Waals surface area contributed by atoms with Gasteiger partial charge in [0.15, 0.2) is 5.65 Å². The van der Waals surface area contributed by atoms with Crippen molar-refractivity contribution in [1.82, 2.24) is 20.2 Å². The van der Waals surface area contributed by atoms with Crippen molar-refractivity contribution in [2.45, 2.75) is 52.0 Å². The van der Waals surface area contributed by atoms with Crippen molar-refractivity contribution in [3.63, 3.8) is 0 Å². The van der Waals surface area contributed by atoms with Crippen molar-refractivity contribution in [2.24, 2.45) is 0 Å². The van der Waals surface area contributed by atoms with Crippen molar-refractivity contribution < 1.29 is 0 Å². The number of hydrogen-bond donors (Lipinski definition) is 3. The second-order valence-corrected chi connectivity index (χ2v) is 4.94. The van der Waals surface area contributed by atoms with Crippen molar-refractivity contribution in [3.8, 4) is 0 Å². The molecular weight excluding hydrogens is 242 g/mol. The molecule has 0 saturated carbocycles. The monoisotopic (exact) mass is 263 g/mol. The summed E-state index contributed by atoms with van der Waals surface area (Å²) in [7, 11) is 0. The van der Waals surface area contributed by atoms with Gasteiger partial charge in [0.1, 0.15) is 5.39 Å². The fourth-order valence-corrected chi connectivity index (χ4v) is 2.10. The van der Waals surface area contributed by atoms with Crippen LogP contribution in [0.1, 0.15) is 46.0 Å². The van der Waals surface area contributed by atoms with Crippen LogP contribution in [0.5, 0.6) is 0 Å². The third kappa shape index (κ3) is 3.56. The van der Waals surface area contributed by atoms with Crippen LogP contribution in [-0.2, 0) is 0 Å². The molecule has 2 rings (SSSR count). The fourth-order valence-electron chi connectivity index (χ4n) is 2.10. The summed E-state index contributed by atoms with van der Waals surface area (Å²) in [5.74, 6) is 0.504. The number of fused-ring (bicyclic) bond motifs is 1. The Morgan fingerprint density at radius 3 is 3.00 bits per heavy atom. The highest BCUT2D eigenvalue weighted by Gasteiger charge is 2.07. The maximum atomic E-state index is 11.7. The molecule has 0 fully saturated rings. The molecule has 0 spiro atoms. The summed E-state index contributed by atoms with van der Waals surface area (Å²) in [5.41, 5.74) is 0.351. The minimum atomic E-state index is -0.167. The van der Waals surface area contributed by atoms with Gasteiger partial charge in [0, 0.05) is 6.04 Å². The Morgan fingerprint density at radius 1 is 1.37 bits per heavy atom. The van der Waals surface area contributed by atoms with Crippen LogP contribution in [0.3, 0.4) is 0 Å². The summed E-state index contributed by atoms with van der Waals surface area (Å²) in [6.45, 7) is 4.30. The van der Waals surface area contributed by atoms with Gasteiger partial charge in [-0.15, -0.1) is 0 Å². The summed E-state index contributed by atoms with van der Waals surface area (Å²) in [6, 6.07) is 0.292. The van der Waals surface area contributed by atoms with Gasteiger partial charge in [0.2, 0.25) is 5.95 Å². The van der Waals surface area contributed by atoms with E-state index in [-0.39, 0.29) is 5.56 Å². The summed E-state index contributed by atoms with van der Waals surface area (Å²) in [4.78, 5) is 18.8. The van der Waals surface area contributed by atoms with Gasteiger partial charge in [-0.05, 0) is 13.3 Å². The van der Waals surface area contributed by atoms with E-state index in [1.54, 1.807) is 0 Å². The van der Waals surface area contributed by atoms with Crippen molar-refractivity contribution >= 4 is 17.0 Å². The zero-order chi connectivity index (χ0) is 13.7. The van der Waals surface area contributed by atoms with E-state index < -0.39 is 0 Å². The van der Waals surface area contributed by atoms with E-state index in [0.29, 0.717) is 23.0 Å². The largest absolute Gasteiger partial charge is 0.353 e. The number of aromatic amines is 2. The standard InChI is InChI=1S/C13H21N5O/c1-3-4-5-6-7-9(2)15-13-16-11-10(8-14-18-11)12(19)17-13/h8-9H,3-7H2,1-2H3,(H3,14,15,16,17,18,19). The molecule has 2 heterocycles. The van der Waals surface area contributed by atoms with Crippen molar-refractivity contribution in [3.05, 3.63) is 16.6 Å². The zero-order valence-electron chi connectivity index (χ0n) is 11.5. The lowest BCUT2D eigenvalue weighted by atomic mass is 10.1. The number of rotatable bonds is 7. The van der Waals surface area contributed by atoms with E-state index >= 15 is 0 Å². The molecule has 0 bridgehead atoms. The second-order valence-electron chi connectivity index (χ2n) is 4.94. The molecule has 19 heavy (non-hydrogen) atoms. The molecule has 0 saturated heterocycles. The highest BCUT2D eigenvalue weighted by Crippen LogP contribution is 2.10. The maximum absolute atomic E-state index is 11.7. The molecule has 3 N–H and O–H groups in total. The van der Waals surface area contributed by atoms with Crippen LogP contribution in [-0.4, -0.2) is 26.2 Å². The molecule has 1 unspecified atom stereocenters. The number of anilines is 1. The lowest BCUT2D eigenvalue weighted by Crippen LogP contribution is -2.20. The average molecular weight is 263 g/mol. The first kappa shape index (κ1) is 13.6. The molecule has 104 valence electrons. The van der Waals surface area contributed by atoms with E-state index in [1.165, 1.54) is 31.9 Å². The minimum Gasteiger partial charge on any atom is -0.353 e. The normalized spacial score (nSPS) is 12.7. The molecule has 0 aromatic carbocycles. The summed E-state index contributed by atoms with van der Waals surface area (Å²) in [6.07, 6.45) is 7.53. The van der Waals surface area contributed by atoms with Gasteiger partial charge in [-0.1, -0.05) is 32.6 Å². The van der Waals surface area contributed by atoms with Gasteiger partial charge in [0.25, 0.3) is 5.56 Å². The Bertz CT molecular complexity index is 574. The van der Waals surface area contributed by atoms with Crippen LogP contribution in [0.25, 0.3) is 11.0 Å². The zero-order valence-corrected chi connectivity index (χ0v) is 11.5. The van der Waals surface area contributed by atoms with E-state index in [2.05, 4.69) is 39.3 Å². The first-order valence-corrected chi connectivity index (χ1v) is 6.90. The highest BCUT2D eigenvalue weighted by atomic mass is 16.1. The summed E-state index contributed by atoms with van der Waals surface area (Å²) in [5, 5.41) is 10.2. The van der Waals surface area contributed by atoms with Crippen molar-refractivity contribution in [2.75, 3.05) is 5.32 Å². The second kappa shape index (κ2) is 6.36. The molecule has 2 aromatic heterocycles. The van der Waals surface area contributed by atoms with Crippen LogP contribution in [0.2, 0.25) is 0 Å². The van der Waals surface area contributed by atoms with Crippen LogP contribution in [0, 0.1) is 0 Å². The van der Waals surface area contributed by atoms with E-state index in [9.17, 15) is 4.79 Å². The Kier molecular flexibility index (Phi) is 4.54. The number of hydrogen-bond acceptors (Lipinski definition) is 4. The molecule has 6 heteroatoms. The van der Waals surface area contributed by atoms with Gasteiger partial charge in [0.05, 0.1) is 6.20 Å². The average Bonchev–Trinajstić information content (AvgIpc) is 2.83. The van der Waals surface area contributed by atoms with Crippen LogP contribution >= 0.6 is 0 Å². The number of nitrogens with zero attached hydrogens (tertiary/aromatic N) is 2. The Labute approximate surface area is 112 Å². The van der Waals surface area contributed by atoms with Crippen molar-refractivity contribution in [1.29, 1.82) is 0 Å². The first-order valence-electron chi connectivity index (χ1n) is 6.90. The quantitative estimate of drug-likeness (QED) is 0.669. The van der Waals surface area contributed by atoms with Gasteiger partial charge in [-0.2, -0.15) is 10.1 Å². The number of H-pyrrole nitrogens is 2. The fraction of sp³-hybridized carbons (Fsp3) is 0.615. The lowest BCUT2D eigenvalue weighted by molar-refractivity contribution is 0.592. The van der Waals surface area contributed by atoms with Crippen LogP contribution in [0.15, 0.2) is 11.0 Å². The van der Waals surface area contributed by atoms with Crippen LogP contribution in [0.4, 0.5) is 5.95 Å². The number of aromatic nitrogens is 4. The highest BCUT2D eigenvalue weighted by molar-refractivity contribution is 5.73. The summed E-state index contributed by atoms with van der Waals surface area (Å²) >= 11 is 0. The molecule has 0 radical (unpaired) electrons. The lowest BCUT2D eigenvalue weighted by Gasteiger charge is -2.13. The molecule has 6 nitrogen and oxygen atoms in total. The Balaban J connectivity index is 1.95. The number of nitrogens with one attached hydrogen (secondary N) is 3. The smallest absolute Gasteiger partial charge is 0.263 e. The van der Waals surface area contributed by atoms with Gasteiger partial charge in [-0.3, -0.25) is 14.9 Å². The SMILES string of the molecule is CCCCCCC(C)Nc1nc2[nH]ncc2c(=O)[nH]1. The Morgan fingerprint density at radius 2 is 2.21 bits per heavy atom. The third-order valence-corrected chi connectivity index (χ3v) is 3.19. The molecule has 0 aliphatic heterocycles. The first-order chi connectivity index (χ1) is 9.20. The van der Waals surface area contributed by atoms with Gasteiger partial charge in [-0.25, -0.2) is 0 Å². The van der Waals surface area contributed by atoms with Gasteiger partial charge >= 0.3 is 0 Å². The van der Waals surface area contributed by atoms with Crippen LogP contribution < -0.4 is 10.9 Å². The van der Waals surface area contributed by atoms with E-state index in [4.69, 9.17) is 0 Å². The van der Waals surface area contributed by atoms with E-state index in [1.807, 2.05) is 0 Å². The predicted octanol–water partition coefficient (Wildman–Crippen LogP) is 2.42.